The summed E-state index contributed by atoms with van der Waals surface area (Å²) in [6.45, 7) is 4.42. The van der Waals surface area contributed by atoms with Crippen molar-refractivity contribution in [3.8, 4) is 0 Å². The van der Waals surface area contributed by atoms with Crippen LogP contribution in [-0.2, 0) is 9.59 Å². The molecule has 0 fully saturated rings. The first-order valence-electron chi connectivity index (χ1n) is 9.10. The molecular weight excluding hydrogens is 312 g/mol. The second kappa shape index (κ2) is 17.4. The molecule has 4 heteroatoms. The van der Waals surface area contributed by atoms with Crippen LogP contribution in [0.3, 0.4) is 0 Å². The minimum Gasteiger partial charge on any atom is -0.286 e. The van der Waals surface area contributed by atoms with Gasteiger partial charge in [-0.25, -0.2) is 0 Å². The molecule has 0 aromatic heterocycles. The molecule has 0 spiro atoms. The van der Waals surface area contributed by atoms with E-state index in [4.69, 9.17) is 0 Å². The van der Waals surface area contributed by atoms with E-state index < -0.39 is 0 Å². The smallest absolute Gasteiger partial charge is 0.199 e. The zero-order chi connectivity index (χ0) is 16.5. The Kier molecular flexibility index (Phi) is 17.4. The van der Waals surface area contributed by atoms with Crippen LogP contribution in [0.15, 0.2) is 0 Å². The normalized spacial score (nSPS) is 10.8. The molecule has 0 N–H and O–H groups in total. The summed E-state index contributed by atoms with van der Waals surface area (Å²) in [6.07, 6.45) is 15.6. The van der Waals surface area contributed by atoms with Crippen LogP contribution in [0.1, 0.15) is 104 Å². The van der Waals surface area contributed by atoms with Crippen LogP contribution < -0.4 is 0 Å². The Balaban J connectivity index is 3.36. The number of hydrogen-bond acceptors (Lipinski definition) is 4. The number of carbonyl (C=O) groups is 2. The molecule has 0 bridgehead atoms. The Bertz CT molecular complexity index is 252. The zero-order valence-electron chi connectivity index (χ0n) is 14.5. The van der Waals surface area contributed by atoms with Crippen molar-refractivity contribution in [2.24, 2.45) is 0 Å². The van der Waals surface area contributed by atoms with Crippen molar-refractivity contribution in [2.45, 2.75) is 104 Å². The van der Waals surface area contributed by atoms with Gasteiger partial charge in [0.05, 0.1) is 0 Å². The van der Waals surface area contributed by atoms with Gasteiger partial charge in [0.15, 0.2) is 10.2 Å². The molecule has 2 nitrogen and oxygen atoms in total. The first-order chi connectivity index (χ1) is 10.7. The van der Waals surface area contributed by atoms with Crippen LogP contribution in [0.25, 0.3) is 0 Å². The van der Waals surface area contributed by atoms with E-state index in [1.165, 1.54) is 51.4 Å². The number of carbonyl (C=O) groups excluding carboxylic acids is 2. The fourth-order valence-corrected chi connectivity index (χ4v) is 3.97. The van der Waals surface area contributed by atoms with Crippen molar-refractivity contribution in [1.82, 2.24) is 0 Å². The molecular formula is C18H34O2S2. The van der Waals surface area contributed by atoms with Gasteiger partial charge in [-0.2, -0.15) is 0 Å². The number of unbranched alkanes of at least 4 members (excludes halogenated alkanes) is 10. The topological polar surface area (TPSA) is 34.1 Å². The summed E-state index contributed by atoms with van der Waals surface area (Å²) in [7, 11) is 2.31. The monoisotopic (exact) mass is 346 g/mol. The lowest BCUT2D eigenvalue weighted by Crippen LogP contribution is -1.94. The van der Waals surface area contributed by atoms with E-state index >= 15 is 0 Å². The standard InChI is InChI=1S/C18H34O2S2/c1-3-5-7-9-11-13-15-17(19)21-22-18(20)16-14-12-10-8-6-4-2/h3-16H2,1-2H3. The van der Waals surface area contributed by atoms with Gasteiger partial charge in [-0.3, -0.25) is 9.59 Å². The van der Waals surface area contributed by atoms with Crippen molar-refractivity contribution < 1.29 is 9.59 Å². The summed E-state index contributed by atoms with van der Waals surface area (Å²) in [5.74, 6) is 0. The zero-order valence-corrected chi connectivity index (χ0v) is 16.2. The van der Waals surface area contributed by atoms with Crippen molar-refractivity contribution in [2.75, 3.05) is 0 Å². The largest absolute Gasteiger partial charge is 0.286 e. The van der Waals surface area contributed by atoms with E-state index in [1.54, 1.807) is 0 Å². The molecule has 0 aliphatic carbocycles. The van der Waals surface area contributed by atoms with Crippen LogP contribution in [0.4, 0.5) is 0 Å². The Morgan fingerprint density at radius 2 is 0.864 bits per heavy atom. The third kappa shape index (κ3) is 16.4. The fraction of sp³-hybridized carbons (Fsp3) is 0.889. The molecule has 0 rings (SSSR count). The van der Waals surface area contributed by atoms with Gasteiger partial charge in [0.1, 0.15) is 0 Å². The summed E-state index contributed by atoms with van der Waals surface area (Å²) < 4.78 is 0. The lowest BCUT2D eigenvalue weighted by atomic mass is 10.1. The van der Waals surface area contributed by atoms with Gasteiger partial charge in [-0.1, -0.05) is 78.1 Å². The molecule has 0 unspecified atom stereocenters. The predicted molar refractivity (Wildman–Crippen MR) is 101 cm³/mol. The van der Waals surface area contributed by atoms with Crippen molar-refractivity contribution in [3.05, 3.63) is 0 Å². The SMILES string of the molecule is CCCCCCCCC(=O)SSC(=O)CCCCCCCC. The minimum absolute atomic E-state index is 0.164. The molecule has 130 valence electrons. The third-order valence-electron chi connectivity index (χ3n) is 3.70. The van der Waals surface area contributed by atoms with E-state index in [9.17, 15) is 9.59 Å². The van der Waals surface area contributed by atoms with Gasteiger partial charge in [0.25, 0.3) is 0 Å². The Morgan fingerprint density at radius 3 is 1.23 bits per heavy atom. The minimum atomic E-state index is 0.164. The van der Waals surface area contributed by atoms with E-state index in [0.29, 0.717) is 12.8 Å². The van der Waals surface area contributed by atoms with Crippen LogP contribution >= 0.6 is 21.6 Å². The van der Waals surface area contributed by atoms with Crippen LogP contribution in [-0.4, -0.2) is 10.2 Å². The maximum Gasteiger partial charge on any atom is 0.199 e. The van der Waals surface area contributed by atoms with E-state index in [0.717, 1.165) is 47.3 Å². The van der Waals surface area contributed by atoms with Crippen molar-refractivity contribution in [3.63, 3.8) is 0 Å². The lowest BCUT2D eigenvalue weighted by Gasteiger charge is -2.02. The molecule has 0 aromatic carbocycles. The lowest BCUT2D eigenvalue weighted by molar-refractivity contribution is -0.112. The summed E-state index contributed by atoms with van der Waals surface area (Å²) in [5.41, 5.74) is 0. The molecule has 0 aromatic rings. The first-order valence-corrected chi connectivity index (χ1v) is 11.3. The molecule has 0 saturated carbocycles. The first kappa shape index (κ1) is 22.0. The fourth-order valence-electron chi connectivity index (χ4n) is 2.28. The van der Waals surface area contributed by atoms with Crippen molar-refractivity contribution >= 4 is 31.8 Å². The Labute approximate surface area is 145 Å². The van der Waals surface area contributed by atoms with Gasteiger partial charge in [0.2, 0.25) is 0 Å². The molecule has 0 saturated heterocycles. The highest BCUT2D eigenvalue weighted by Crippen LogP contribution is 2.27. The van der Waals surface area contributed by atoms with Crippen LogP contribution in [0.2, 0.25) is 0 Å². The summed E-state index contributed by atoms with van der Waals surface area (Å²) in [5, 5.41) is 0.327. The highest BCUT2D eigenvalue weighted by Gasteiger charge is 2.08. The average Bonchev–Trinajstić information content (AvgIpc) is 2.52. The molecule has 0 amide bonds. The molecule has 0 radical (unpaired) electrons. The highest BCUT2D eigenvalue weighted by molar-refractivity contribution is 8.87. The number of rotatable bonds is 14. The van der Waals surface area contributed by atoms with E-state index in [-0.39, 0.29) is 10.2 Å². The molecule has 0 heterocycles. The van der Waals surface area contributed by atoms with E-state index in [1.807, 2.05) is 0 Å². The predicted octanol–water partition coefficient (Wildman–Crippen LogP) is 6.92. The van der Waals surface area contributed by atoms with Gasteiger partial charge < -0.3 is 0 Å². The van der Waals surface area contributed by atoms with Gasteiger partial charge in [-0.05, 0) is 34.4 Å². The summed E-state index contributed by atoms with van der Waals surface area (Å²) >= 11 is 0. The average molecular weight is 347 g/mol. The molecule has 22 heavy (non-hydrogen) atoms. The maximum absolute atomic E-state index is 11.7. The summed E-state index contributed by atoms with van der Waals surface area (Å²) in [6, 6.07) is 0. The van der Waals surface area contributed by atoms with Gasteiger partial charge >= 0.3 is 0 Å². The molecule has 0 aliphatic heterocycles. The third-order valence-corrected chi connectivity index (χ3v) is 5.93. The number of hydrogen-bond donors (Lipinski definition) is 0. The van der Waals surface area contributed by atoms with Crippen molar-refractivity contribution in [1.29, 1.82) is 0 Å². The summed E-state index contributed by atoms with van der Waals surface area (Å²) in [4.78, 5) is 23.3. The van der Waals surface area contributed by atoms with Gasteiger partial charge in [0, 0.05) is 12.8 Å². The maximum atomic E-state index is 11.7. The van der Waals surface area contributed by atoms with Crippen LogP contribution in [0, 0.1) is 0 Å². The van der Waals surface area contributed by atoms with Crippen LogP contribution in [0.5, 0.6) is 0 Å². The quantitative estimate of drug-likeness (QED) is 0.252. The molecule has 0 aliphatic rings. The highest BCUT2D eigenvalue weighted by atomic mass is 33.1. The Hall–Kier alpha value is 0.0400. The van der Waals surface area contributed by atoms with E-state index in [2.05, 4.69) is 13.8 Å². The molecule has 0 atom stereocenters. The Morgan fingerprint density at radius 1 is 0.545 bits per heavy atom. The van der Waals surface area contributed by atoms with Gasteiger partial charge in [-0.15, -0.1) is 0 Å². The second-order valence-corrected chi connectivity index (χ2v) is 8.19. The second-order valence-electron chi connectivity index (χ2n) is 5.95.